The van der Waals surface area contributed by atoms with Crippen LogP contribution in [0.3, 0.4) is 0 Å². The Balaban J connectivity index is 1.99. The molecule has 1 saturated carbocycles. The number of sulfonamides is 1. The lowest BCUT2D eigenvalue weighted by atomic mass is 9.87. The van der Waals surface area contributed by atoms with Crippen molar-refractivity contribution >= 4 is 15.9 Å². The summed E-state index contributed by atoms with van der Waals surface area (Å²) in [5.74, 6) is 0.500. The molecule has 1 N–H and O–H groups in total. The molecule has 1 aliphatic rings. The summed E-state index contributed by atoms with van der Waals surface area (Å²) in [6, 6.07) is 6.14. The van der Waals surface area contributed by atoms with Crippen LogP contribution in [-0.4, -0.2) is 38.3 Å². The molecule has 0 aromatic heterocycles. The van der Waals surface area contributed by atoms with Gasteiger partial charge in [-0.05, 0) is 44.4 Å². The lowest BCUT2D eigenvalue weighted by Crippen LogP contribution is -2.33. The average molecular weight is 367 g/mol. The van der Waals surface area contributed by atoms with Crippen LogP contribution in [0.4, 0.5) is 0 Å². The molecule has 0 aliphatic heterocycles. The van der Waals surface area contributed by atoms with Gasteiger partial charge in [-0.15, -0.1) is 0 Å². The summed E-state index contributed by atoms with van der Waals surface area (Å²) in [5.41, 5.74) is 0.391. The Labute approximate surface area is 151 Å². The van der Waals surface area contributed by atoms with E-state index in [1.165, 1.54) is 48.5 Å². The maximum Gasteiger partial charge on any atom is 0.251 e. The van der Waals surface area contributed by atoms with Crippen LogP contribution in [0.25, 0.3) is 0 Å². The predicted octanol–water partition coefficient (Wildman–Crippen LogP) is 3.42. The van der Waals surface area contributed by atoms with Gasteiger partial charge in [0.15, 0.2) is 0 Å². The number of nitrogens with zero attached hydrogens (tertiary/aromatic N) is 1. The molecule has 0 atom stereocenters. The van der Waals surface area contributed by atoms with Gasteiger partial charge in [0.1, 0.15) is 0 Å². The summed E-state index contributed by atoms with van der Waals surface area (Å²) in [4.78, 5) is 12.5. The Hall–Kier alpha value is -1.40. The fourth-order valence-electron chi connectivity index (χ4n) is 3.21. The number of hydrogen-bond donors (Lipinski definition) is 1. The van der Waals surface area contributed by atoms with Crippen LogP contribution in [0.2, 0.25) is 0 Å². The van der Waals surface area contributed by atoms with E-state index < -0.39 is 10.0 Å². The molecule has 25 heavy (non-hydrogen) atoms. The molecule has 0 radical (unpaired) electrons. The van der Waals surface area contributed by atoms with Gasteiger partial charge in [0.2, 0.25) is 10.0 Å². The van der Waals surface area contributed by atoms with Gasteiger partial charge in [0, 0.05) is 25.2 Å². The van der Waals surface area contributed by atoms with Crippen molar-refractivity contribution in [1.29, 1.82) is 0 Å². The van der Waals surface area contributed by atoms with Crippen LogP contribution < -0.4 is 5.32 Å². The van der Waals surface area contributed by atoms with E-state index in [1.807, 2.05) is 13.8 Å². The standard InChI is InChI=1S/C19H30N2O3S/c1-15(2)21(3)25(23,24)18-11-7-10-17(14-18)19(22)20-13-12-16-8-5-4-6-9-16/h7,10-11,14-16H,4-6,8-9,12-13H2,1-3H3,(H,20,22). The molecule has 6 heteroatoms. The molecule has 1 amide bonds. The molecule has 5 nitrogen and oxygen atoms in total. The molecular weight excluding hydrogens is 336 g/mol. The van der Waals surface area contributed by atoms with Crippen molar-refractivity contribution in [2.45, 2.75) is 63.3 Å². The smallest absolute Gasteiger partial charge is 0.251 e. The van der Waals surface area contributed by atoms with Gasteiger partial charge in [-0.2, -0.15) is 4.31 Å². The number of benzene rings is 1. The third-order valence-corrected chi connectivity index (χ3v) is 7.09. The molecule has 140 valence electrons. The van der Waals surface area contributed by atoms with E-state index in [0.29, 0.717) is 18.0 Å². The van der Waals surface area contributed by atoms with Gasteiger partial charge in [0.05, 0.1) is 4.90 Å². The second kappa shape index (κ2) is 8.81. The van der Waals surface area contributed by atoms with Crippen molar-refractivity contribution < 1.29 is 13.2 Å². The predicted molar refractivity (Wildman–Crippen MR) is 100 cm³/mol. The molecule has 1 aromatic rings. The van der Waals surface area contributed by atoms with Gasteiger partial charge in [-0.25, -0.2) is 8.42 Å². The zero-order chi connectivity index (χ0) is 18.4. The molecule has 0 spiro atoms. The second-order valence-electron chi connectivity index (χ2n) is 7.19. The van der Waals surface area contributed by atoms with E-state index in [2.05, 4.69) is 5.32 Å². The fourth-order valence-corrected chi connectivity index (χ4v) is 4.62. The molecule has 1 aromatic carbocycles. The first kappa shape index (κ1) is 19.9. The van der Waals surface area contributed by atoms with E-state index in [9.17, 15) is 13.2 Å². The highest BCUT2D eigenvalue weighted by Gasteiger charge is 2.24. The van der Waals surface area contributed by atoms with Crippen molar-refractivity contribution in [1.82, 2.24) is 9.62 Å². The number of hydrogen-bond acceptors (Lipinski definition) is 3. The molecular formula is C19H30N2O3S. The van der Waals surface area contributed by atoms with Crippen molar-refractivity contribution in [2.75, 3.05) is 13.6 Å². The fraction of sp³-hybridized carbons (Fsp3) is 0.632. The minimum absolute atomic E-state index is 0.141. The van der Waals surface area contributed by atoms with E-state index in [1.54, 1.807) is 19.2 Å². The minimum Gasteiger partial charge on any atom is -0.352 e. The van der Waals surface area contributed by atoms with Gasteiger partial charge in [-0.3, -0.25) is 4.79 Å². The third-order valence-electron chi connectivity index (χ3n) is 5.06. The Morgan fingerprint density at radius 1 is 1.24 bits per heavy atom. The monoisotopic (exact) mass is 366 g/mol. The van der Waals surface area contributed by atoms with Crippen LogP contribution >= 0.6 is 0 Å². The number of carbonyl (C=O) groups excluding carboxylic acids is 1. The van der Waals surface area contributed by atoms with Gasteiger partial charge in [-0.1, -0.05) is 38.2 Å². The highest BCUT2D eigenvalue weighted by molar-refractivity contribution is 7.89. The van der Waals surface area contributed by atoms with Gasteiger partial charge >= 0.3 is 0 Å². The molecule has 1 fully saturated rings. The average Bonchev–Trinajstić information content (AvgIpc) is 2.61. The minimum atomic E-state index is -3.58. The zero-order valence-electron chi connectivity index (χ0n) is 15.5. The summed E-state index contributed by atoms with van der Waals surface area (Å²) < 4.78 is 26.4. The lowest BCUT2D eigenvalue weighted by Gasteiger charge is -2.22. The van der Waals surface area contributed by atoms with Crippen LogP contribution in [0.15, 0.2) is 29.2 Å². The van der Waals surface area contributed by atoms with Gasteiger partial charge < -0.3 is 5.32 Å². The molecule has 0 unspecified atom stereocenters. The number of carbonyl (C=O) groups is 1. The van der Waals surface area contributed by atoms with E-state index in [4.69, 9.17) is 0 Å². The van der Waals surface area contributed by atoms with Crippen molar-refractivity contribution in [3.63, 3.8) is 0 Å². The SMILES string of the molecule is CC(C)N(C)S(=O)(=O)c1cccc(C(=O)NCCC2CCCCC2)c1. The summed E-state index contributed by atoms with van der Waals surface area (Å²) >= 11 is 0. The molecule has 0 heterocycles. The van der Waals surface area contributed by atoms with Crippen LogP contribution in [0.5, 0.6) is 0 Å². The Morgan fingerprint density at radius 2 is 1.92 bits per heavy atom. The van der Waals surface area contributed by atoms with E-state index >= 15 is 0 Å². The van der Waals surface area contributed by atoms with Crippen LogP contribution in [0.1, 0.15) is 62.7 Å². The Bertz CT molecular complexity index is 680. The number of rotatable bonds is 7. The molecule has 0 saturated heterocycles. The topological polar surface area (TPSA) is 66.5 Å². The first-order valence-electron chi connectivity index (χ1n) is 9.18. The first-order chi connectivity index (χ1) is 11.8. The summed E-state index contributed by atoms with van der Waals surface area (Å²) in [5, 5.41) is 2.93. The normalized spacial score (nSPS) is 16.4. The molecule has 0 bridgehead atoms. The highest BCUT2D eigenvalue weighted by atomic mass is 32.2. The molecule has 2 rings (SSSR count). The van der Waals surface area contributed by atoms with Gasteiger partial charge in [0.25, 0.3) is 5.91 Å². The highest BCUT2D eigenvalue weighted by Crippen LogP contribution is 2.25. The largest absolute Gasteiger partial charge is 0.352 e. The van der Waals surface area contributed by atoms with E-state index in [0.717, 1.165) is 6.42 Å². The Morgan fingerprint density at radius 3 is 2.56 bits per heavy atom. The van der Waals surface area contributed by atoms with Crippen LogP contribution in [0, 0.1) is 5.92 Å². The number of nitrogens with one attached hydrogen (secondary N) is 1. The van der Waals surface area contributed by atoms with E-state index in [-0.39, 0.29) is 16.8 Å². The summed E-state index contributed by atoms with van der Waals surface area (Å²) in [6.07, 6.45) is 7.43. The maximum atomic E-state index is 12.6. The van der Waals surface area contributed by atoms with Crippen molar-refractivity contribution in [3.05, 3.63) is 29.8 Å². The van der Waals surface area contributed by atoms with Crippen molar-refractivity contribution in [3.8, 4) is 0 Å². The zero-order valence-corrected chi connectivity index (χ0v) is 16.3. The summed E-state index contributed by atoms with van der Waals surface area (Å²) in [6.45, 7) is 4.28. The maximum absolute atomic E-state index is 12.6. The molecule has 1 aliphatic carbocycles. The lowest BCUT2D eigenvalue weighted by molar-refractivity contribution is 0.0950. The number of amides is 1. The second-order valence-corrected chi connectivity index (χ2v) is 9.19. The van der Waals surface area contributed by atoms with Crippen molar-refractivity contribution in [2.24, 2.45) is 5.92 Å². The first-order valence-corrected chi connectivity index (χ1v) is 10.6. The quantitative estimate of drug-likeness (QED) is 0.804. The Kier molecular flexibility index (Phi) is 7.02. The third kappa shape index (κ3) is 5.28. The summed E-state index contributed by atoms with van der Waals surface area (Å²) in [7, 11) is -2.03. The van der Waals surface area contributed by atoms with Crippen LogP contribution in [-0.2, 0) is 10.0 Å².